The van der Waals surface area contributed by atoms with Crippen LogP contribution >= 0.6 is 0 Å². The summed E-state index contributed by atoms with van der Waals surface area (Å²) < 4.78 is 0. The Morgan fingerprint density at radius 3 is 2.33 bits per heavy atom. The molecule has 0 unspecified atom stereocenters. The quantitative estimate of drug-likeness (QED) is 0.749. The fraction of sp³-hybridized carbons (Fsp3) is 0.538. The molecule has 0 aliphatic carbocycles. The third-order valence-electron chi connectivity index (χ3n) is 2.93. The second-order valence-corrected chi connectivity index (χ2v) is 3.85. The van der Waals surface area contributed by atoms with Crippen LogP contribution in [0.1, 0.15) is 33.6 Å². The molecule has 0 heterocycles. The molecule has 1 aromatic carbocycles. The molecule has 0 aliphatic rings. The van der Waals surface area contributed by atoms with Crippen LogP contribution in [0.25, 0.3) is 0 Å². The Labute approximate surface area is 93.1 Å². The van der Waals surface area contributed by atoms with E-state index in [2.05, 4.69) is 37.8 Å². The number of hydrogen-bond donors (Lipinski definition) is 1. The summed E-state index contributed by atoms with van der Waals surface area (Å²) >= 11 is 0. The highest BCUT2D eigenvalue weighted by molar-refractivity contribution is 5.56. The molecular formula is C13H22N2. The molecular weight excluding hydrogens is 184 g/mol. The maximum absolute atomic E-state index is 5.81. The Morgan fingerprint density at radius 2 is 1.87 bits per heavy atom. The van der Waals surface area contributed by atoms with Gasteiger partial charge in [-0.15, -0.1) is 0 Å². The van der Waals surface area contributed by atoms with Crippen molar-refractivity contribution in [2.45, 2.75) is 39.7 Å². The van der Waals surface area contributed by atoms with Crippen molar-refractivity contribution >= 4 is 11.4 Å². The SMILES string of the molecule is CCC(CC)N(CC)c1cccc(N)c1. The topological polar surface area (TPSA) is 29.3 Å². The van der Waals surface area contributed by atoms with Crippen LogP contribution in [-0.2, 0) is 0 Å². The van der Waals surface area contributed by atoms with Gasteiger partial charge < -0.3 is 10.6 Å². The molecule has 0 atom stereocenters. The van der Waals surface area contributed by atoms with Gasteiger partial charge >= 0.3 is 0 Å². The number of anilines is 2. The van der Waals surface area contributed by atoms with Crippen LogP contribution in [0.2, 0.25) is 0 Å². The van der Waals surface area contributed by atoms with E-state index < -0.39 is 0 Å². The first-order valence-electron chi connectivity index (χ1n) is 5.85. The van der Waals surface area contributed by atoms with Crippen LogP contribution in [0.3, 0.4) is 0 Å². The molecule has 2 heteroatoms. The molecule has 0 radical (unpaired) electrons. The number of benzene rings is 1. The van der Waals surface area contributed by atoms with Crippen LogP contribution in [0.5, 0.6) is 0 Å². The van der Waals surface area contributed by atoms with Crippen molar-refractivity contribution in [3.05, 3.63) is 24.3 Å². The lowest BCUT2D eigenvalue weighted by molar-refractivity contribution is 0.567. The van der Waals surface area contributed by atoms with E-state index in [1.807, 2.05) is 12.1 Å². The molecule has 2 nitrogen and oxygen atoms in total. The molecule has 15 heavy (non-hydrogen) atoms. The Morgan fingerprint density at radius 1 is 1.20 bits per heavy atom. The molecule has 1 aromatic rings. The predicted molar refractivity (Wildman–Crippen MR) is 68.2 cm³/mol. The molecule has 0 spiro atoms. The monoisotopic (exact) mass is 206 g/mol. The molecule has 0 aliphatic heterocycles. The van der Waals surface area contributed by atoms with Crippen molar-refractivity contribution in [1.82, 2.24) is 0 Å². The molecule has 2 N–H and O–H groups in total. The first-order valence-corrected chi connectivity index (χ1v) is 5.85. The summed E-state index contributed by atoms with van der Waals surface area (Å²) in [5, 5.41) is 0. The molecule has 0 amide bonds. The molecule has 1 rings (SSSR count). The Kier molecular flexibility index (Phi) is 4.47. The van der Waals surface area contributed by atoms with Gasteiger partial charge in [0.15, 0.2) is 0 Å². The summed E-state index contributed by atoms with van der Waals surface area (Å²) in [6.07, 6.45) is 2.36. The highest BCUT2D eigenvalue weighted by Gasteiger charge is 2.13. The first-order chi connectivity index (χ1) is 7.22. The summed E-state index contributed by atoms with van der Waals surface area (Å²) in [5.41, 5.74) is 7.89. The number of nitrogens with zero attached hydrogens (tertiary/aromatic N) is 1. The van der Waals surface area contributed by atoms with Crippen molar-refractivity contribution in [3.8, 4) is 0 Å². The predicted octanol–water partition coefficient (Wildman–Crippen LogP) is 3.28. The van der Waals surface area contributed by atoms with E-state index >= 15 is 0 Å². The molecule has 0 fully saturated rings. The van der Waals surface area contributed by atoms with E-state index in [0.29, 0.717) is 6.04 Å². The zero-order valence-electron chi connectivity index (χ0n) is 10.0. The minimum atomic E-state index is 0.622. The summed E-state index contributed by atoms with van der Waals surface area (Å²) in [6.45, 7) is 7.71. The van der Waals surface area contributed by atoms with Gasteiger partial charge in [-0.1, -0.05) is 19.9 Å². The van der Waals surface area contributed by atoms with Crippen LogP contribution in [0.4, 0.5) is 11.4 Å². The highest BCUT2D eigenvalue weighted by atomic mass is 15.2. The van der Waals surface area contributed by atoms with Gasteiger partial charge in [-0.3, -0.25) is 0 Å². The van der Waals surface area contributed by atoms with Crippen molar-refractivity contribution in [3.63, 3.8) is 0 Å². The Hall–Kier alpha value is -1.18. The smallest absolute Gasteiger partial charge is 0.0389 e. The molecule has 0 bridgehead atoms. The number of nitrogen functional groups attached to an aromatic ring is 1. The number of nitrogens with two attached hydrogens (primary N) is 1. The largest absolute Gasteiger partial charge is 0.399 e. The van der Waals surface area contributed by atoms with Crippen LogP contribution in [0, 0.1) is 0 Å². The molecule has 0 saturated heterocycles. The molecule has 0 aromatic heterocycles. The van der Waals surface area contributed by atoms with Gasteiger partial charge in [-0.2, -0.15) is 0 Å². The van der Waals surface area contributed by atoms with E-state index in [0.717, 1.165) is 12.2 Å². The Balaban J connectivity index is 2.90. The summed E-state index contributed by atoms with van der Waals surface area (Å²) in [7, 11) is 0. The fourth-order valence-electron chi connectivity index (χ4n) is 2.08. The van der Waals surface area contributed by atoms with Crippen molar-refractivity contribution < 1.29 is 0 Å². The van der Waals surface area contributed by atoms with Crippen molar-refractivity contribution in [2.75, 3.05) is 17.2 Å². The lowest BCUT2D eigenvalue weighted by Crippen LogP contribution is -2.34. The van der Waals surface area contributed by atoms with E-state index in [1.54, 1.807) is 0 Å². The second-order valence-electron chi connectivity index (χ2n) is 3.85. The summed E-state index contributed by atoms with van der Waals surface area (Å²) in [5.74, 6) is 0. The zero-order valence-corrected chi connectivity index (χ0v) is 10.0. The lowest BCUT2D eigenvalue weighted by Gasteiger charge is -2.31. The van der Waals surface area contributed by atoms with Gasteiger partial charge in [0.05, 0.1) is 0 Å². The van der Waals surface area contributed by atoms with E-state index in [9.17, 15) is 0 Å². The second kappa shape index (κ2) is 5.64. The Bertz CT molecular complexity index is 292. The van der Waals surface area contributed by atoms with Gasteiger partial charge in [-0.25, -0.2) is 0 Å². The maximum atomic E-state index is 5.81. The number of hydrogen-bond acceptors (Lipinski definition) is 2. The summed E-state index contributed by atoms with van der Waals surface area (Å²) in [6, 6.07) is 8.77. The van der Waals surface area contributed by atoms with Gasteiger partial charge in [0.25, 0.3) is 0 Å². The minimum absolute atomic E-state index is 0.622. The van der Waals surface area contributed by atoms with Gasteiger partial charge in [-0.05, 0) is 38.0 Å². The average molecular weight is 206 g/mol. The maximum Gasteiger partial charge on any atom is 0.0389 e. The van der Waals surface area contributed by atoms with Crippen molar-refractivity contribution in [1.29, 1.82) is 0 Å². The normalized spacial score (nSPS) is 10.7. The van der Waals surface area contributed by atoms with Gasteiger partial charge in [0.1, 0.15) is 0 Å². The fourth-order valence-corrected chi connectivity index (χ4v) is 2.08. The standard InChI is InChI=1S/C13H22N2/c1-4-12(5-2)15(6-3)13-9-7-8-11(14)10-13/h7-10,12H,4-6,14H2,1-3H3. The molecule has 0 saturated carbocycles. The third-order valence-corrected chi connectivity index (χ3v) is 2.93. The van der Waals surface area contributed by atoms with Crippen LogP contribution in [-0.4, -0.2) is 12.6 Å². The lowest BCUT2D eigenvalue weighted by atomic mass is 10.1. The van der Waals surface area contributed by atoms with E-state index in [4.69, 9.17) is 5.73 Å². The van der Waals surface area contributed by atoms with Crippen LogP contribution < -0.4 is 10.6 Å². The number of rotatable bonds is 5. The zero-order chi connectivity index (χ0) is 11.3. The van der Waals surface area contributed by atoms with Gasteiger partial charge in [0, 0.05) is 24.0 Å². The molecule has 84 valence electrons. The van der Waals surface area contributed by atoms with E-state index in [-0.39, 0.29) is 0 Å². The van der Waals surface area contributed by atoms with Crippen molar-refractivity contribution in [2.24, 2.45) is 0 Å². The van der Waals surface area contributed by atoms with Gasteiger partial charge in [0.2, 0.25) is 0 Å². The summed E-state index contributed by atoms with van der Waals surface area (Å²) in [4.78, 5) is 2.43. The van der Waals surface area contributed by atoms with E-state index in [1.165, 1.54) is 18.5 Å². The average Bonchev–Trinajstić information content (AvgIpc) is 2.25. The minimum Gasteiger partial charge on any atom is -0.399 e. The first kappa shape index (κ1) is 11.9. The highest BCUT2D eigenvalue weighted by Crippen LogP contribution is 2.22. The third kappa shape index (κ3) is 2.88. The van der Waals surface area contributed by atoms with Crippen LogP contribution in [0.15, 0.2) is 24.3 Å².